The molecule has 0 bridgehead atoms. The molecule has 0 fully saturated rings. The molecular weight excluding hydrogens is 252 g/mol. The van der Waals surface area contributed by atoms with Gasteiger partial charge in [0.2, 0.25) is 5.76 Å². The van der Waals surface area contributed by atoms with Gasteiger partial charge in [-0.15, -0.1) is 0 Å². The summed E-state index contributed by atoms with van der Waals surface area (Å²) in [6, 6.07) is 6.28. The first-order chi connectivity index (χ1) is 9.10. The Balaban J connectivity index is 2.92. The molecule has 0 aliphatic carbocycles. The fourth-order valence-corrected chi connectivity index (χ4v) is 1.74. The van der Waals surface area contributed by atoms with E-state index in [0.717, 1.165) is 7.11 Å². The van der Waals surface area contributed by atoms with Gasteiger partial charge in [0.15, 0.2) is 0 Å². The molecule has 2 rings (SSSR count). The predicted octanol–water partition coefficient (Wildman–Crippen LogP) is 1.37. The maximum Gasteiger partial charge on any atom is 0.375 e. The van der Waals surface area contributed by atoms with Crippen LogP contribution in [0.15, 0.2) is 33.5 Å². The molecule has 0 amide bonds. The van der Waals surface area contributed by atoms with E-state index < -0.39 is 23.3 Å². The van der Waals surface area contributed by atoms with Crippen LogP contribution in [0.25, 0.3) is 10.8 Å². The molecule has 1 aromatic heterocycles. The van der Waals surface area contributed by atoms with E-state index in [9.17, 15) is 14.4 Å². The van der Waals surface area contributed by atoms with E-state index in [1.807, 2.05) is 0 Å². The zero-order valence-corrected chi connectivity index (χ0v) is 10.3. The Bertz CT molecular complexity index is 713. The topological polar surface area (TPSA) is 82.8 Å². The molecule has 6 heteroatoms. The van der Waals surface area contributed by atoms with E-state index in [1.54, 1.807) is 12.1 Å². The van der Waals surface area contributed by atoms with Gasteiger partial charge in [-0.25, -0.2) is 14.4 Å². The van der Waals surface area contributed by atoms with Crippen molar-refractivity contribution < 1.29 is 23.5 Å². The third kappa shape index (κ3) is 2.08. The Morgan fingerprint density at radius 3 is 2.16 bits per heavy atom. The second-order valence-corrected chi connectivity index (χ2v) is 3.62. The van der Waals surface area contributed by atoms with Crippen LogP contribution in [-0.2, 0) is 9.47 Å². The molecule has 0 unspecified atom stereocenters. The zero-order chi connectivity index (χ0) is 14.0. The smallest absolute Gasteiger partial charge is 0.375 e. The molecule has 0 N–H and O–H groups in total. The zero-order valence-electron chi connectivity index (χ0n) is 10.3. The average Bonchev–Trinajstić information content (AvgIpc) is 2.45. The number of hydrogen-bond donors (Lipinski definition) is 0. The second kappa shape index (κ2) is 4.93. The molecule has 0 aliphatic heterocycles. The van der Waals surface area contributed by atoms with E-state index >= 15 is 0 Å². The normalized spacial score (nSPS) is 10.2. The van der Waals surface area contributed by atoms with Crippen molar-refractivity contribution >= 4 is 22.7 Å². The molecule has 1 heterocycles. The predicted molar refractivity (Wildman–Crippen MR) is 65.2 cm³/mol. The number of carbonyl (C=O) groups excluding carboxylic acids is 2. The number of methoxy groups -OCH3 is 2. The van der Waals surface area contributed by atoms with Crippen LogP contribution in [0.3, 0.4) is 0 Å². The van der Waals surface area contributed by atoms with Gasteiger partial charge in [0.25, 0.3) is 0 Å². The highest BCUT2D eigenvalue weighted by atomic mass is 16.5. The molecule has 0 saturated carbocycles. The Kier molecular flexibility index (Phi) is 3.33. The van der Waals surface area contributed by atoms with Crippen LogP contribution in [0.4, 0.5) is 0 Å². The summed E-state index contributed by atoms with van der Waals surface area (Å²) in [6.07, 6.45) is 0. The molecule has 98 valence electrons. The molecule has 0 spiro atoms. The fourth-order valence-electron chi connectivity index (χ4n) is 1.74. The lowest BCUT2D eigenvalue weighted by molar-refractivity contribution is 0.0522. The standard InChI is InChI=1S/C13H10O6/c1-17-12(15)9-7-5-3-4-6-8(7)11(14)19-10(9)13(16)18-2/h3-6H,1-2H3. The lowest BCUT2D eigenvalue weighted by Gasteiger charge is -2.07. The van der Waals surface area contributed by atoms with Crippen molar-refractivity contribution in [2.24, 2.45) is 0 Å². The van der Waals surface area contributed by atoms with Crippen LogP contribution in [0, 0.1) is 0 Å². The van der Waals surface area contributed by atoms with Gasteiger partial charge in [0.05, 0.1) is 19.6 Å². The molecule has 1 aromatic carbocycles. The molecule has 2 aromatic rings. The van der Waals surface area contributed by atoms with E-state index in [-0.39, 0.29) is 16.3 Å². The molecule has 0 radical (unpaired) electrons. The van der Waals surface area contributed by atoms with Crippen molar-refractivity contribution in [3.8, 4) is 0 Å². The summed E-state index contributed by atoms with van der Waals surface area (Å²) in [5.74, 6) is -2.15. The lowest BCUT2D eigenvalue weighted by Crippen LogP contribution is -2.17. The van der Waals surface area contributed by atoms with Crippen LogP contribution in [-0.4, -0.2) is 26.2 Å². The van der Waals surface area contributed by atoms with Crippen LogP contribution < -0.4 is 5.63 Å². The highest BCUT2D eigenvalue weighted by Crippen LogP contribution is 2.21. The fraction of sp³-hybridized carbons (Fsp3) is 0.154. The minimum Gasteiger partial charge on any atom is -0.465 e. The number of fused-ring (bicyclic) bond motifs is 1. The minimum atomic E-state index is -0.914. The first-order valence-corrected chi connectivity index (χ1v) is 5.32. The Morgan fingerprint density at radius 2 is 1.58 bits per heavy atom. The highest BCUT2D eigenvalue weighted by molar-refractivity contribution is 6.10. The Hall–Kier alpha value is -2.63. The van der Waals surface area contributed by atoms with E-state index in [4.69, 9.17) is 4.42 Å². The average molecular weight is 262 g/mol. The van der Waals surface area contributed by atoms with Crippen molar-refractivity contribution in [1.29, 1.82) is 0 Å². The van der Waals surface area contributed by atoms with Gasteiger partial charge in [0.1, 0.15) is 5.56 Å². The Morgan fingerprint density at radius 1 is 1.00 bits per heavy atom. The van der Waals surface area contributed by atoms with Crippen molar-refractivity contribution in [3.63, 3.8) is 0 Å². The molecule has 0 saturated heterocycles. The largest absolute Gasteiger partial charge is 0.465 e. The highest BCUT2D eigenvalue weighted by Gasteiger charge is 2.25. The van der Waals surface area contributed by atoms with Crippen LogP contribution in [0.1, 0.15) is 20.9 Å². The lowest BCUT2D eigenvalue weighted by atomic mass is 10.1. The Labute approximate surface area is 107 Å². The van der Waals surface area contributed by atoms with Gasteiger partial charge in [-0.05, 0) is 6.07 Å². The van der Waals surface area contributed by atoms with Crippen molar-refractivity contribution in [2.75, 3.05) is 14.2 Å². The number of benzene rings is 1. The first-order valence-electron chi connectivity index (χ1n) is 5.32. The summed E-state index contributed by atoms with van der Waals surface area (Å²) in [6.45, 7) is 0. The van der Waals surface area contributed by atoms with Gasteiger partial charge in [-0.1, -0.05) is 18.2 Å². The third-order valence-corrected chi connectivity index (χ3v) is 2.60. The van der Waals surface area contributed by atoms with Gasteiger partial charge < -0.3 is 13.9 Å². The molecular formula is C13H10O6. The quantitative estimate of drug-likeness (QED) is 0.760. The van der Waals surface area contributed by atoms with Crippen molar-refractivity contribution in [2.45, 2.75) is 0 Å². The summed E-state index contributed by atoms with van der Waals surface area (Å²) in [5.41, 5.74) is -0.840. The summed E-state index contributed by atoms with van der Waals surface area (Å²) < 4.78 is 14.0. The molecule has 0 aliphatic rings. The number of hydrogen-bond acceptors (Lipinski definition) is 6. The summed E-state index contributed by atoms with van der Waals surface area (Å²) in [7, 11) is 2.29. The van der Waals surface area contributed by atoms with Crippen molar-refractivity contribution in [3.05, 3.63) is 46.0 Å². The van der Waals surface area contributed by atoms with E-state index in [0.29, 0.717) is 0 Å². The number of rotatable bonds is 2. The van der Waals surface area contributed by atoms with Crippen molar-refractivity contribution in [1.82, 2.24) is 0 Å². The van der Waals surface area contributed by atoms with Gasteiger partial charge >= 0.3 is 17.6 Å². The first kappa shape index (κ1) is 12.8. The third-order valence-electron chi connectivity index (χ3n) is 2.60. The summed E-state index contributed by atoms with van der Waals surface area (Å²) in [4.78, 5) is 35.1. The summed E-state index contributed by atoms with van der Waals surface area (Å²) in [5, 5.41) is 0.474. The maximum atomic E-state index is 11.8. The van der Waals surface area contributed by atoms with Crippen LogP contribution in [0.5, 0.6) is 0 Å². The van der Waals surface area contributed by atoms with Crippen LogP contribution >= 0.6 is 0 Å². The summed E-state index contributed by atoms with van der Waals surface area (Å²) >= 11 is 0. The number of carbonyl (C=O) groups is 2. The monoisotopic (exact) mass is 262 g/mol. The minimum absolute atomic E-state index is 0.121. The van der Waals surface area contributed by atoms with Gasteiger partial charge in [-0.2, -0.15) is 0 Å². The number of ether oxygens (including phenoxy) is 2. The second-order valence-electron chi connectivity index (χ2n) is 3.62. The molecule has 6 nitrogen and oxygen atoms in total. The van der Waals surface area contributed by atoms with E-state index in [2.05, 4.69) is 9.47 Å². The molecule has 0 atom stereocenters. The van der Waals surface area contributed by atoms with Crippen LogP contribution in [0.2, 0.25) is 0 Å². The maximum absolute atomic E-state index is 11.8. The van der Waals surface area contributed by atoms with E-state index in [1.165, 1.54) is 19.2 Å². The van der Waals surface area contributed by atoms with Gasteiger partial charge in [-0.3, -0.25) is 0 Å². The SMILES string of the molecule is COC(=O)c1oc(=O)c2ccccc2c1C(=O)OC. The molecule has 19 heavy (non-hydrogen) atoms. The van der Waals surface area contributed by atoms with Gasteiger partial charge in [0, 0.05) is 5.39 Å². The number of esters is 2.